The van der Waals surface area contributed by atoms with Crippen LogP contribution in [0, 0.1) is 17.8 Å². The van der Waals surface area contributed by atoms with E-state index in [1.165, 1.54) is 12.1 Å². The zero-order valence-corrected chi connectivity index (χ0v) is 26.3. The van der Waals surface area contributed by atoms with E-state index in [2.05, 4.69) is 0 Å². The lowest BCUT2D eigenvalue weighted by Gasteiger charge is -2.22. The molecule has 1 rings (SSSR count). The van der Waals surface area contributed by atoms with Crippen LogP contribution in [0.15, 0.2) is 18.2 Å². The Morgan fingerprint density at radius 1 is 0.690 bits per heavy atom. The van der Waals surface area contributed by atoms with E-state index in [1.54, 1.807) is 19.9 Å². The number of ether oxygens (including phenoxy) is 6. The predicted octanol–water partition coefficient (Wildman–Crippen LogP) is 5.98. The third-order valence-corrected chi connectivity index (χ3v) is 6.19. The Labute approximate surface area is 249 Å². The van der Waals surface area contributed by atoms with Crippen molar-refractivity contribution in [2.45, 2.75) is 106 Å². The second-order valence-corrected chi connectivity index (χ2v) is 11.6. The van der Waals surface area contributed by atoms with Crippen LogP contribution in [-0.2, 0) is 35.0 Å². The Balaban J connectivity index is 2.88. The molecule has 11 nitrogen and oxygen atoms in total. The molecule has 1 aromatic rings. The van der Waals surface area contributed by atoms with Gasteiger partial charge in [0.1, 0.15) is 18.2 Å². The average molecular weight is 596 g/mol. The second kappa shape index (κ2) is 19.0. The molecule has 0 fully saturated rings. The Hall–Kier alpha value is -3.34. The van der Waals surface area contributed by atoms with Crippen LogP contribution in [0.4, 0.5) is 9.59 Å². The SMILES string of the molecule is CC(C)CCOC(=O)Oc1ccc(C[C@H](N)C(=O)O[C@@H](C)[C@H](C)OC(=O)CCC(C)C)cc1OC(=O)OCCC(C)C. The molecular formula is C31H49NO10. The van der Waals surface area contributed by atoms with E-state index in [0.29, 0.717) is 42.6 Å². The molecule has 0 amide bonds. The smallest absolute Gasteiger partial charge is 0.459 e. The van der Waals surface area contributed by atoms with E-state index in [9.17, 15) is 19.2 Å². The Bertz CT molecular complexity index is 1010. The van der Waals surface area contributed by atoms with Gasteiger partial charge in [-0.05, 0) is 75.0 Å². The van der Waals surface area contributed by atoms with Crippen molar-refractivity contribution in [2.24, 2.45) is 23.5 Å². The van der Waals surface area contributed by atoms with Crippen LogP contribution < -0.4 is 15.2 Å². The maximum atomic E-state index is 12.7. The highest BCUT2D eigenvalue weighted by Crippen LogP contribution is 2.30. The number of nitrogens with two attached hydrogens (primary N) is 1. The molecule has 0 radical (unpaired) electrons. The van der Waals surface area contributed by atoms with Crippen LogP contribution in [0.3, 0.4) is 0 Å². The summed E-state index contributed by atoms with van der Waals surface area (Å²) in [5, 5.41) is 0. The second-order valence-electron chi connectivity index (χ2n) is 11.6. The molecule has 3 atom stereocenters. The first-order chi connectivity index (χ1) is 19.7. The van der Waals surface area contributed by atoms with Crippen molar-refractivity contribution in [1.29, 1.82) is 0 Å². The molecule has 0 saturated heterocycles. The zero-order chi connectivity index (χ0) is 31.8. The van der Waals surface area contributed by atoms with E-state index in [0.717, 1.165) is 0 Å². The molecular weight excluding hydrogens is 546 g/mol. The first-order valence-electron chi connectivity index (χ1n) is 14.7. The molecule has 11 heteroatoms. The van der Waals surface area contributed by atoms with E-state index >= 15 is 0 Å². The van der Waals surface area contributed by atoms with Gasteiger partial charge in [-0.25, -0.2) is 9.59 Å². The van der Waals surface area contributed by atoms with Crippen molar-refractivity contribution in [1.82, 2.24) is 0 Å². The first kappa shape index (κ1) is 36.7. The summed E-state index contributed by atoms with van der Waals surface area (Å²) in [6, 6.07) is 3.34. The van der Waals surface area contributed by atoms with Crippen molar-refractivity contribution in [3.63, 3.8) is 0 Å². The number of hydrogen-bond donors (Lipinski definition) is 1. The fraction of sp³-hybridized carbons (Fsp3) is 0.677. The molecule has 0 spiro atoms. The maximum Gasteiger partial charge on any atom is 0.513 e. The van der Waals surface area contributed by atoms with E-state index < -0.39 is 36.5 Å². The minimum absolute atomic E-state index is 0.0198. The third kappa shape index (κ3) is 15.6. The predicted molar refractivity (Wildman–Crippen MR) is 156 cm³/mol. The number of carbonyl (C=O) groups is 4. The van der Waals surface area contributed by atoms with Gasteiger partial charge in [-0.15, -0.1) is 0 Å². The third-order valence-electron chi connectivity index (χ3n) is 6.19. The Kier molecular flexibility index (Phi) is 16.6. The summed E-state index contributed by atoms with van der Waals surface area (Å²) < 4.78 is 31.6. The van der Waals surface area contributed by atoms with Crippen LogP contribution in [0.5, 0.6) is 11.5 Å². The molecule has 42 heavy (non-hydrogen) atoms. The van der Waals surface area contributed by atoms with Crippen molar-refractivity contribution >= 4 is 24.2 Å². The molecule has 0 aliphatic carbocycles. The lowest BCUT2D eigenvalue weighted by molar-refractivity contribution is -0.166. The van der Waals surface area contributed by atoms with Crippen LogP contribution in [-0.4, -0.2) is 55.7 Å². The van der Waals surface area contributed by atoms with Crippen LogP contribution in [0.1, 0.15) is 86.6 Å². The summed E-state index contributed by atoms with van der Waals surface area (Å²) in [6.45, 7) is 15.6. The highest BCUT2D eigenvalue weighted by Gasteiger charge is 2.25. The zero-order valence-electron chi connectivity index (χ0n) is 26.3. The van der Waals surface area contributed by atoms with Crippen molar-refractivity contribution in [3.8, 4) is 11.5 Å². The van der Waals surface area contributed by atoms with Gasteiger partial charge in [-0.3, -0.25) is 9.59 Å². The first-order valence-corrected chi connectivity index (χ1v) is 14.7. The van der Waals surface area contributed by atoms with E-state index in [4.69, 9.17) is 34.2 Å². The maximum absolute atomic E-state index is 12.7. The molecule has 0 saturated carbocycles. The van der Waals surface area contributed by atoms with Crippen molar-refractivity contribution in [3.05, 3.63) is 23.8 Å². The van der Waals surface area contributed by atoms with Gasteiger partial charge in [0.25, 0.3) is 0 Å². The van der Waals surface area contributed by atoms with Gasteiger partial charge in [0.2, 0.25) is 0 Å². The van der Waals surface area contributed by atoms with Crippen LogP contribution in [0.25, 0.3) is 0 Å². The lowest BCUT2D eigenvalue weighted by Crippen LogP contribution is -2.39. The quantitative estimate of drug-likeness (QED) is 0.129. The van der Waals surface area contributed by atoms with Gasteiger partial charge >= 0.3 is 24.2 Å². The fourth-order valence-electron chi connectivity index (χ4n) is 3.31. The molecule has 238 valence electrons. The average Bonchev–Trinajstić information content (AvgIpc) is 2.88. The summed E-state index contributed by atoms with van der Waals surface area (Å²) in [5.41, 5.74) is 6.61. The largest absolute Gasteiger partial charge is 0.513 e. The topological polar surface area (TPSA) is 150 Å². The van der Waals surface area contributed by atoms with Crippen LogP contribution >= 0.6 is 0 Å². The van der Waals surface area contributed by atoms with E-state index in [1.807, 2.05) is 41.5 Å². The van der Waals surface area contributed by atoms with Gasteiger partial charge in [0, 0.05) is 6.42 Å². The molecule has 0 unspecified atom stereocenters. The summed E-state index contributed by atoms with van der Waals surface area (Å²) >= 11 is 0. The van der Waals surface area contributed by atoms with Gasteiger partial charge in [-0.2, -0.15) is 0 Å². The molecule has 0 aliphatic rings. The minimum atomic E-state index is -1.07. The molecule has 0 aromatic heterocycles. The van der Waals surface area contributed by atoms with Gasteiger partial charge < -0.3 is 34.2 Å². The monoisotopic (exact) mass is 595 g/mol. The van der Waals surface area contributed by atoms with Crippen molar-refractivity contribution < 1.29 is 47.6 Å². The highest BCUT2D eigenvalue weighted by molar-refractivity contribution is 5.76. The number of esters is 2. The minimum Gasteiger partial charge on any atom is -0.459 e. The Morgan fingerprint density at radius 3 is 1.71 bits per heavy atom. The molecule has 0 bridgehead atoms. The van der Waals surface area contributed by atoms with E-state index in [-0.39, 0.29) is 43.5 Å². The highest BCUT2D eigenvalue weighted by atomic mass is 16.7. The Morgan fingerprint density at radius 2 is 1.19 bits per heavy atom. The standard InChI is InChI=1S/C31H49NO10/c1-19(2)9-12-28(33)39-22(7)23(8)40-29(34)25(32)17-24-10-11-26(41-30(35)37-15-13-20(3)4)27(18-24)42-31(36)38-16-14-21(5)6/h10-11,18-23,25H,9,12-17,32H2,1-8H3/t22-,23-,25-/m0/s1. The van der Waals surface area contributed by atoms with Crippen molar-refractivity contribution in [2.75, 3.05) is 13.2 Å². The summed E-state index contributed by atoms with van der Waals surface area (Å²) in [4.78, 5) is 49.2. The summed E-state index contributed by atoms with van der Waals surface area (Å²) in [6.07, 6.45) is -0.983. The molecule has 0 aliphatic heterocycles. The molecule has 2 N–H and O–H groups in total. The fourth-order valence-corrected chi connectivity index (χ4v) is 3.31. The number of rotatable bonds is 17. The normalized spacial score (nSPS) is 13.3. The number of carbonyl (C=O) groups excluding carboxylic acids is 4. The summed E-state index contributed by atoms with van der Waals surface area (Å²) in [7, 11) is 0. The van der Waals surface area contributed by atoms with Gasteiger partial charge in [0.05, 0.1) is 13.2 Å². The van der Waals surface area contributed by atoms with Crippen LogP contribution in [0.2, 0.25) is 0 Å². The lowest BCUT2D eigenvalue weighted by atomic mass is 10.1. The van der Waals surface area contributed by atoms with Gasteiger partial charge in [0.15, 0.2) is 11.5 Å². The molecule has 1 aromatic carbocycles. The molecule has 0 heterocycles. The number of hydrogen-bond acceptors (Lipinski definition) is 11. The number of benzene rings is 1. The summed E-state index contributed by atoms with van der Waals surface area (Å²) in [5.74, 6) is -0.188. The van der Waals surface area contributed by atoms with Gasteiger partial charge in [-0.1, -0.05) is 47.6 Å².